The van der Waals surface area contributed by atoms with Gasteiger partial charge >= 0.3 is 0 Å². The fraction of sp³-hybridized carbons (Fsp3) is 0.625. The van der Waals surface area contributed by atoms with Crippen molar-refractivity contribution in [2.75, 3.05) is 26.4 Å². The summed E-state index contributed by atoms with van der Waals surface area (Å²) in [5.74, 6) is 1.93. The van der Waals surface area contributed by atoms with Gasteiger partial charge in [-0.25, -0.2) is 0 Å². The van der Waals surface area contributed by atoms with Gasteiger partial charge in [0.1, 0.15) is 6.61 Å². The summed E-state index contributed by atoms with van der Waals surface area (Å²) in [5.41, 5.74) is 0.734. The van der Waals surface area contributed by atoms with E-state index in [1.807, 2.05) is 25.1 Å². The molecule has 0 radical (unpaired) electrons. The summed E-state index contributed by atoms with van der Waals surface area (Å²) in [6.07, 6.45) is 1.05. The van der Waals surface area contributed by atoms with Gasteiger partial charge in [0.2, 0.25) is 0 Å². The van der Waals surface area contributed by atoms with Gasteiger partial charge in [0.15, 0.2) is 11.5 Å². The highest BCUT2D eigenvalue weighted by Gasteiger charge is 2.10. The zero-order valence-corrected chi connectivity index (χ0v) is 12.7. The van der Waals surface area contributed by atoms with E-state index in [0.29, 0.717) is 37.2 Å². The zero-order valence-electron chi connectivity index (χ0n) is 12.7. The number of hydrogen-bond acceptors (Lipinski definition) is 4. The number of aliphatic hydroxyl groups is 1. The summed E-state index contributed by atoms with van der Waals surface area (Å²) in [6, 6.07) is 5.53. The molecule has 4 nitrogen and oxygen atoms in total. The van der Waals surface area contributed by atoms with Crippen LogP contribution in [-0.2, 0) is 11.3 Å². The van der Waals surface area contributed by atoms with E-state index in [9.17, 15) is 5.11 Å². The van der Waals surface area contributed by atoms with E-state index in [1.165, 1.54) is 0 Å². The van der Waals surface area contributed by atoms with Crippen LogP contribution in [0.25, 0.3) is 0 Å². The molecule has 0 spiro atoms. The second kappa shape index (κ2) is 9.61. The second-order valence-electron chi connectivity index (χ2n) is 4.98. The van der Waals surface area contributed by atoms with Crippen LogP contribution in [0.15, 0.2) is 18.2 Å². The van der Waals surface area contributed by atoms with Gasteiger partial charge in [-0.15, -0.1) is 0 Å². The SMILES string of the molecule is CCOc1cccc(CO)c1OCCOCCC(C)C. The standard InChI is InChI=1S/C16H26O4/c1-4-19-15-7-5-6-14(12-17)16(15)20-11-10-18-9-8-13(2)3/h5-7,13,17H,4,8-12H2,1-3H3. The molecule has 1 aromatic rings. The molecule has 20 heavy (non-hydrogen) atoms. The van der Waals surface area contributed by atoms with Gasteiger partial charge < -0.3 is 19.3 Å². The van der Waals surface area contributed by atoms with Crippen molar-refractivity contribution >= 4 is 0 Å². The van der Waals surface area contributed by atoms with Crippen LogP contribution in [0.4, 0.5) is 0 Å². The average molecular weight is 282 g/mol. The summed E-state index contributed by atoms with van der Waals surface area (Å²) in [5, 5.41) is 9.35. The summed E-state index contributed by atoms with van der Waals surface area (Å²) in [4.78, 5) is 0. The minimum Gasteiger partial charge on any atom is -0.490 e. The van der Waals surface area contributed by atoms with Crippen LogP contribution < -0.4 is 9.47 Å². The minimum absolute atomic E-state index is 0.0650. The predicted octanol–water partition coefficient (Wildman–Crippen LogP) is 3.02. The molecule has 1 rings (SSSR count). The largest absolute Gasteiger partial charge is 0.490 e. The molecular formula is C16H26O4. The summed E-state index contributed by atoms with van der Waals surface area (Å²) in [6.45, 7) is 8.51. The predicted molar refractivity (Wildman–Crippen MR) is 79.3 cm³/mol. The lowest BCUT2D eigenvalue weighted by Gasteiger charge is -2.15. The van der Waals surface area contributed by atoms with Crippen molar-refractivity contribution in [2.24, 2.45) is 5.92 Å². The smallest absolute Gasteiger partial charge is 0.166 e. The van der Waals surface area contributed by atoms with E-state index in [4.69, 9.17) is 14.2 Å². The summed E-state index contributed by atoms with van der Waals surface area (Å²) >= 11 is 0. The van der Waals surface area contributed by atoms with Gasteiger partial charge in [-0.1, -0.05) is 26.0 Å². The highest BCUT2D eigenvalue weighted by Crippen LogP contribution is 2.31. The molecular weight excluding hydrogens is 256 g/mol. The molecule has 1 N–H and O–H groups in total. The van der Waals surface area contributed by atoms with Gasteiger partial charge in [0.05, 0.1) is 19.8 Å². The van der Waals surface area contributed by atoms with Crippen molar-refractivity contribution in [3.8, 4) is 11.5 Å². The van der Waals surface area contributed by atoms with Crippen LogP contribution in [0.2, 0.25) is 0 Å². The van der Waals surface area contributed by atoms with E-state index in [2.05, 4.69) is 13.8 Å². The number of benzene rings is 1. The lowest BCUT2D eigenvalue weighted by atomic mass is 10.1. The van der Waals surface area contributed by atoms with E-state index < -0.39 is 0 Å². The van der Waals surface area contributed by atoms with Crippen molar-refractivity contribution in [2.45, 2.75) is 33.8 Å². The number of rotatable bonds is 10. The van der Waals surface area contributed by atoms with Crippen LogP contribution >= 0.6 is 0 Å². The van der Waals surface area contributed by atoms with Crippen LogP contribution in [-0.4, -0.2) is 31.5 Å². The topological polar surface area (TPSA) is 47.9 Å². The van der Waals surface area contributed by atoms with Crippen LogP contribution in [0.3, 0.4) is 0 Å². The Balaban J connectivity index is 2.45. The maximum atomic E-state index is 9.35. The molecule has 0 bridgehead atoms. The Morgan fingerprint density at radius 1 is 1.10 bits per heavy atom. The van der Waals surface area contributed by atoms with E-state index >= 15 is 0 Å². The van der Waals surface area contributed by atoms with Crippen molar-refractivity contribution in [3.63, 3.8) is 0 Å². The first-order valence-electron chi connectivity index (χ1n) is 7.25. The fourth-order valence-corrected chi connectivity index (χ4v) is 1.74. The second-order valence-corrected chi connectivity index (χ2v) is 4.98. The van der Waals surface area contributed by atoms with E-state index in [0.717, 1.165) is 18.6 Å². The first kappa shape index (κ1) is 16.8. The number of aliphatic hydroxyl groups excluding tert-OH is 1. The fourth-order valence-electron chi connectivity index (χ4n) is 1.74. The molecule has 0 aromatic heterocycles. The van der Waals surface area contributed by atoms with Crippen molar-refractivity contribution in [1.29, 1.82) is 0 Å². The van der Waals surface area contributed by atoms with Crippen molar-refractivity contribution in [3.05, 3.63) is 23.8 Å². The molecule has 0 amide bonds. The third kappa shape index (κ3) is 5.80. The van der Waals surface area contributed by atoms with E-state index in [1.54, 1.807) is 0 Å². The van der Waals surface area contributed by atoms with Crippen LogP contribution in [0.5, 0.6) is 11.5 Å². The lowest BCUT2D eigenvalue weighted by molar-refractivity contribution is 0.0904. The van der Waals surface area contributed by atoms with Crippen LogP contribution in [0, 0.1) is 5.92 Å². The molecule has 4 heteroatoms. The molecule has 0 unspecified atom stereocenters. The first-order valence-corrected chi connectivity index (χ1v) is 7.25. The van der Waals surface area contributed by atoms with Gasteiger partial charge in [-0.2, -0.15) is 0 Å². The minimum atomic E-state index is -0.0650. The lowest BCUT2D eigenvalue weighted by Crippen LogP contribution is -2.10. The number of para-hydroxylation sites is 1. The Hall–Kier alpha value is -1.26. The monoisotopic (exact) mass is 282 g/mol. The Kier molecular flexibility index (Phi) is 8.07. The van der Waals surface area contributed by atoms with Crippen molar-refractivity contribution < 1.29 is 19.3 Å². The quantitative estimate of drug-likeness (QED) is 0.670. The third-order valence-corrected chi connectivity index (χ3v) is 2.84. The van der Waals surface area contributed by atoms with Gasteiger partial charge in [-0.05, 0) is 25.3 Å². The normalized spacial score (nSPS) is 10.8. The van der Waals surface area contributed by atoms with Gasteiger partial charge in [0.25, 0.3) is 0 Å². The number of ether oxygens (including phenoxy) is 3. The molecule has 1 aromatic carbocycles. The molecule has 0 saturated carbocycles. The Morgan fingerprint density at radius 3 is 2.55 bits per heavy atom. The Bertz CT molecular complexity index is 377. The zero-order chi connectivity index (χ0) is 14.8. The van der Waals surface area contributed by atoms with Gasteiger partial charge in [0, 0.05) is 12.2 Å². The van der Waals surface area contributed by atoms with Crippen LogP contribution in [0.1, 0.15) is 32.8 Å². The molecule has 0 aliphatic carbocycles. The highest BCUT2D eigenvalue weighted by atomic mass is 16.5. The Morgan fingerprint density at radius 2 is 1.90 bits per heavy atom. The molecule has 0 fully saturated rings. The molecule has 0 aliphatic rings. The summed E-state index contributed by atoms with van der Waals surface area (Å²) in [7, 11) is 0. The Labute approximate surface area is 121 Å². The third-order valence-electron chi connectivity index (χ3n) is 2.84. The molecule has 0 saturated heterocycles. The molecule has 0 aliphatic heterocycles. The molecule has 0 heterocycles. The average Bonchev–Trinajstić information content (AvgIpc) is 2.43. The summed E-state index contributed by atoms with van der Waals surface area (Å²) < 4.78 is 16.7. The first-order chi connectivity index (χ1) is 9.69. The maximum absolute atomic E-state index is 9.35. The van der Waals surface area contributed by atoms with Crippen molar-refractivity contribution in [1.82, 2.24) is 0 Å². The molecule has 114 valence electrons. The number of hydrogen-bond donors (Lipinski definition) is 1. The molecule has 0 atom stereocenters. The maximum Gasteiger partial charge on any atom is 0.166 e. The van der Waals surface area contributed by atoms with E-state index in [-0.39, 0.29) is 6.61 Å². The van der Waals surface area contributed by atoms with Gasteiger partial charge in [-0.3, -0.25) is 0 Å². The highest BCUT2D eigenvalue weighted by molar-refractivity contribution is 5.46.